The van der Waals surface area contributed by atoms with E-state index in [-0.39, 0.29) is 18.6 Å². The summed E-state index contributed by atoms with van der Waals surface area (Å²) >= 11 is 0. The number of nitrogens with one attached hydrogen (secondary N) is 1. The van der Waals surface area contributed by atoms with E-state index < -0.39 is 52.8 Å². The maximum absolute atomic E-state index is 13.4. The molecule has 7 rings (SSSR count). The van der Waals surface area contributed by atoms with Crippen LogP contribution in [0.5, 0.6) is 11.5 Å². The third-order valence-corrected chi connectivity index (χ3v) is 10.5. The lowest BCUT2D eigenvalue weighted by Crippen LogP contribution is -2.54. The molecule has 0 amide bonds. The maximum atomic E-state index is 13.4. The first kappa shape index (κ1) is 35.9. The van der Waals surface area contributed by atoms with Crippen molar-refractivity contribution in [1.29, 1.82) is 0 Å². The molecular weight excluding hydrogens is 676 g/mol. The number of carbonyl (C=O) groups excluding carboxylic acids is 1. The molecule has 2 N–H and O–H groups in total. The van der Waals surface area contributed by atoms with Gasteiger partial charge in [0.15, 0.2) is 0 Å². The van der Waals surface area contributed by atoms with Crippen molar-refractivity contribution in [2.45, 2.75) is 56.3 Å². The van der Waals surface area contributed by atoms with Gasteiger partial charge in [-0.2, -0.15) is 0 Å². The number of aliphatic hydroxyl groups is 1. The van der Waals surface area contributed by atoms with Crippen molar-refractivity contribution in [1.82, 2.24) is 9.55 Å². The number of aromatic amines is 1. The molecule has 4 aromatic carbocycles. The lowest BCUT2D eigenvalue weighted by Gasteiger charge is -2.43. The first-order valence-electron chi connectivity index (χ1n) is 17.5. The van der Waals surface area contributed by atoms with Crippen LogP contribution in [0.3, 0.4) is 0 Å². The van der Waals surface area contributed by atoms with Crippen LogP contribution in [0.25, 0.3) is 0 Å². The van der Waals surface area contributed by atoms with Crippen LogP contribution in [-0.2, 0) is 19.8 Å². The first-order valence-corrected chi connectivity index (χ1v) is 17.5. The van der Waals surface area contributed by atoms with E-state index >= 15 is 0 Å². The Hall–Kier alpha value is -5.49. The highest BCUT2D eigenvalue weighted by atomic mass is 16.6. The molecule has 0 unspecified atom stereocenters. The molecule has 0 radical (unpaired) electrons. The van der Waals surface area contributed by atoms with Crippen LogP contribution in [-0.4, -0.2) is 59.3 Å². The van der Waals surface area contributed by atoms with Gasteiger partial charge in [-0.05, 0) is 79.8 Å². The van der Waals surface area contributed by atoms with E-state index in [2.05, 4.69) is 4.98 Å². The van der Waals surface area contributed by atoms with Crippen LogP contribution in [0.4, 0.5) is 0 Å². The Kier molecular flexibility index (Phi) is 9.82. The van der Waals surface area contributed by atoms with Crippen LogP contribution in [0, 0.1) is 19.8 Å². The molecule has 2 aliphatic rings. The molecule has 2 bridgehead atoms. The molecule has 2 fully saturated rings. The van der Waals surface area contributed by atoms with Crippen LogP contribution in [0.2, 0.25) is 0 Å². The summed E-state index contributed by atoms with van der Waals surface area (Å²) in [5, 5.41) is 12.3. The minimum absolute atomic E-state index is 0.121. The van der Waals surface area contributed by atoms with Crippen molar-refractivity contribution in [3.63, 3.8) is 0 Å². The highest BCUT2D eigenvalue weighted by molar-refractivity contribution is 5.89. The van der Waals surface area contributed by atoms with Crippen LogP contribution >= 0.6 is 0 Å². The molecule has 53 heavy (non-hydrogen) atoms. The number of H-pyrrole nitrogens is 1. The Balaban J connectivity index is 1.31. The van der Waals surface area contributed by atoms with Gasteiger partial charge in [0, 0.05) is 11.8 Å². The lowest BCUT2D eigenvalue weighted by atomic mass is 9.75. The van der Waals surface area contributed by atoms with Gasteiger partial charge < -0.3 is 28.8 Å². The molecule has 11 nitrogen and oxygen atoms in total. The zero-order chi connectivity index (χ0) is 37.3. The number of aromatic nitrogens is 2. The molecule has 1 aliphatic carbocycles. The molecule has 5 aromatic rings. The van der Waals surface area contributed by atoms with Crippen molar-refractivity contribution >= 4 is 5.97 Å². The van der Waals surface area contributed by atoms with Crippen LogP contribution in [0.15, 0.2) is 119 Å². The summed E-state index contributed by atoms with van der Waals surface area (Å²) in [6.07, 6.45) is -1.18. The number of hydrogen-bond acceptors (Lipinski definition) is 9. The van der Waals surface area contributed by atoms with Crippen molar-refractivity contribution in [3.05, 3.63) is 164 Å². The van der Waals surface area contributed by atoms with E-state index in [1.165, 1.54) is 10.8 Å². The van der Waals surface area contributed by atoms with Gasteiger partial charge in [-0.25, -0.2) is 9.59 Å². The third-order valence-electron chi connectivity index (χ3n) is 10.5. The van der Waals surface area contributed by atoms with Gasteiger partial charge in [-0.3, -0.25) is 14.3 Å². The average Bonchev–Trinajstić information content (AvgIpc) is 3.36. The van der Waals surface area contributed by atoms with E-state index in [4.69, 9.17) is 23.7 Å². The highest BCUT2D eigenvalue weighted by Gasteiger charge is 2.62. The van der Waals surface area contributed by atoms with Gasteiger partial charge in [-0.1, -0.05) is 72.3 Å². The van der Waals surface area contributed by atoms with Crippen LogP contribution in [0.1, 0.15) is 57.2 Å². The molecule has 1 aliphatic heterocycles. The zero-order valence-electron chi connectivity index (χ0n) is 30.0. The second-order valence-corrected chi connectivity index (χ2v) is 13.7. The largest absolute Gasteiger partial charge is 0.497 e. The Morgan fingerprint density at radius 1 is 0.868 bits per heavy atom. The molecule has 5 atom stereocenters. The Morgan fingerprint density at radius 2 is 1.45 bits per heavy atom. The predicted molar refractivity (Wildman–Crippen MR) is 196 cm³/mol. The van der Waals surface area contributed by atoms with Crippen molar-refractivity contribution in [2.75, 3.05) is 20.8 Å². The second kappa shape index (κ2) is 14.5. The van der Waals surface area contributed by atoms with Gasteiger partial charge in [0.1, 0.15) is 35.0 Å². The fraction of sp³-hybridized carbons (Fsp3) is 0.310. The molecule has 1 saturated carbocycles. The number of fused-ring (bicyclic) bond motifs is 2. The van der Waals surface area contributed by atoms with Gasteiger partial charge in [0.2, 0.25) is 0 Å². The summed E-state index contributed by atoms with van der Waals surface area (Å²) in [6.45, 7) is 3.39. The molecule has 0 spiro atoms. The molecule has 2 heterocycles. The molecule has 1 aromatic heterocycles. The van der Waals surface area contributed by atoms with E-state index in [0.717, 1.165) is 22.3 Å². The summed E-state index contributed by atoms with van der Waals surface area (Å²) in [6, 6.07) is 32.0. The maximum Gasteiger partial charge on any atom is 0.338 e. The summed E-state index contributed by atoms with van der Waals surface area (Å²) < 4.78 is 32.3. The quantitative estimate of drug-likeness (QED) is 0.135. The number of carbonyl (C=O) groups is 1. The van der Waals surface area contributed by atoms with Crippen molar-refractivity contribution < 1.29 is 33.6 Å². The summed E-state index contributed by atoms with van der Waals surface area (Å²) in [7, 11) is 3.21. The van der Waals surface area contributed by atoms with Gasteiger partial charge in [0.05, 0.1) is 38.4 Å². The molecule has 11 heteroatoms. The number of nitrogens with zero attached hydrogens (tertiary/aromatic N) is 1. The SMILES string of the molecule is COc1ccc(C(OC[C@@]23CC[C@H](OC(=O)c4ccc(C)cc4)[C@@H]([C@H](n4cc(C)c(=O)[nH]c4=O)O2)[C@@H]3O)(c2ccccc2)c2ccc(OC)cc2)cc1. The Morgan fingerprint density at radius 3 is 2.04 bits per heavy atom. The Bertz CT molecular complexity index is 2130. The number of methoxy groups -OCH3 is 2. The number of ether oxygens (including phenoxy) is 5. The van der Waals surface area contributed by atoms with Crippen molar-refractivity contribution in [2.24, 2.45) is 5.92 Å². The van der Waals surface area contributed by atoms with E-state index in [1.54, 1.807) is 33.3 Å². The minimum atomic E-state index is -1.34. The molecule has 274 valence electrons. The fourth-order valence-corrected chi connectivity index (χ4v) is 7.61. The lowest BCUT2D eigenvalue weighted by molar-refractivity contribution is -0.167. The molecule has 1 saturated heterocycles. The zero-order valence-corrected chi connectivity index (χ0v) is 30.0. The fourth-order valence-electron chi connectivity index (χ4n) is 7.61. The van der Waals surface area contributed by atoms with Crippen molar-refractivity contribution in [3.8, 4) is 11.5 Å². The topological polar surface area (TPSA) is 138 Å². The number of benzene rings is 4. The van der Waals surface area contributed by atoms with E-state index in [1.807, 2.05) is 97.9 Å². The third kappa shape index (κ3) is 6.56. The number of aryl methyl sites for hydroxylation is 2. The monoisotopic (exact) mass is 718 g/mol. The highest BCUT2D eigenvalue weighted by Crippen LogP contribution is 2.53. The van der Waals surface area contributed by atoms with Crippen LogP contribution < -0.4 is 20.7 Å². The standard InChI is InChI=1S/C42H42N2O9/c1-26-10-12-28(13-11-26)39(47)52-34-22-23-41(36(45)35(34)38(53-41)44-24-27(2)37(46)43-40(44)48)25-51-42(29-8-6-5-7-9-29,30-14-18-32(49-3)19-15-30)31-16-20-33(50-4)21-17-31/h5-21,24,34-36,38,45H,22-23,25H2,1-4H3,(H,43,46,48)/t34-,35+,36-,38+,41+/m0/s1. The minimum Gasteiger partial charge on any atom is -0.497 e. The van der Waals surface area contributed by atoms with E-state index in [0.29, 0.717) is 23.5 Å². The normalized spacial score (nSPS) is 22.3. The second-order valence-electron chi connectivity index (χ2n) is 13.7. The Labute approximate surface area is 306 Å². The van der Waals surface area contributed by atoms with Gasteiger partial charge in [-0.15, -0.1) is 0 Å². The van der Waals surface area contributed by atoms with E-state index in [9.17, 15) is 19.5 Å². The number of aliphatic hydroxyl groups excluding tert-OH is 1. The van der Waals surface area contributed by atoms with Gasteiger partial charge >= 0.3 is 11.7 Å². The molecular formula is C42H42N2O9. The number of hydrogen-bond donors (Lipinski definition) is 2. The number of rotatable bonds is 11. The summed E-state index contributed by atoms with van der Waals surface area (Å²) in [5.41, 5.74) is 0.247. The smallest absolute Gasteiger partial charge is 0.338 e. The average molecular weight is 719 g/mol. The summed E-state index contributed by atoms with van der Waals surface area (Å²) in [5.74, 6) is -0.0876. The van der Waals surface area contributed by atoms with Gasteiger partial charge in [0.25, 0.3) is 5.56 Å². The predicted octanol–water partition coefficient (Wildman–Crippen LogP) is 5.44. The summed E-state index contributed by atoms with van der Waals surface area (Å²) in [4.78, 5) is 41.5. The number of esters is 1. The first-order chi connectivity index (χ1) is 25.6.